The van der Waals surface area contributed by atoms with E-state index in [1.165, 1.54) is 12.1 Å². The van der Waals surface area contributed by atoms with Crippen LogP contribution in [-0.2, 0) is 10.0 Å². The van der Waals surface area contributed by atoms with Gasteiger partial charge < -0.3 is 5.73 Å². The first-order valence-electron chi connectivity index (χ1n) is 6.13. The summed E-state index contributed by atoms with van der Waals surface area (Å²) in [6.45, 7) is 1.74. The van der Waals surface area contributed by atoms with Gasteiger partial charge in [-0.25, -0.2) is 13.1 Å². The summed E-state index contributed by atoms with van der Waals surface area (Å²) in [5.41, 5.74) is 6.72. The molecule has 0 aliphatic heterocycles. The van der Waals surface area contributed by atoms with Gasteiger partial charge in [-0.05, 0) is 24.6 Å². The van der Waals surface area contributed by atoms with Crippen molar-refractivity contribution in [1.82, 2.24) is 4.72 Å². The van der Waals surface area contributed by atoms with Gasteiger partial charge >= 0.3 is 0 Å². The monoisotopic (exact) mass is 344 g/mol. The van der Waals surface area contributed by atoms with Gasteiger partial charge in [0.25, 0.3) is 0 Å². The lowest BCUT2D eigenvalue weighted by atomic mass is 10.1. The molecule has 21 heavy (non-hydrogen) atoms. The Morgan fingerprint density at radius 1 is 1.10 bits per heavy atom. The average Bonchev–Trinajstić information content (AvgIpc) is 2.37. The smallest absolute Gasteiger partial charge is 0.244 e. The Morgan fingerprint density at radius 2 is 1.62 bits per heavy atom. The summed E-state index contributed by atoms with van der Waals surface area (Å²) in [6.07, 6.45) is 0. The zero-order valence-electron chi connectivity index (χ0n) is 11.2. The fourth-order valence-corrected chi connectivity index (χ4v) is 4.40. The number of sulfonamides is 1. The van der Waals surface area contributed by atoms with Gasteiger partial charge in [-0.1, -0.05) is 53.5 Å². The third kappa shape index (κ3) is 3.68. The molecule has 1 atom stereocenters. The van der Waals surface area contributed by atoms with Gasteiger partial charge in [0, 0.05) is 11.7 Å². The highest BCUT2D eigenvalue weighted by atomic mass is 35.5. The van der Waals surface area contributed by atoms with Crippen LogP contribution in [0.2, 0.25) is 10.0 Å². The Morgan fingerprint density at radius 3 is 2.14 bits per heavy atom. The summed E-state index contributed by atoms with van der Waals surface area (Å²) in [5, 5.41) is -0.0134. The van der Waals surface area contributed by atoms with Crippen LogP contribution in [-0.4, -0.2) is 8.42 Å². The summed E-state index contributed by atoms with van der Waals surface area (Å²) in [6, 6.07) is 11.5. The maximum atomic E-state index is 12.4. The van der Waals surface area contributed by atoms with E-state index < -0.39 is 16.1 Å². The molecule has 112 valence electrons. The number of anilines is 1. The predicted molar refractivity (Wildman–Crippen MR) is 86.1 cm³/mol. The minimum absolute atomic E-state index is 0.00670. The second-order valence-electron chi connectivity index (χ2n) is 4.57. The Kier molecular flexibility index (Phi) is 4.78. The minimum atomic E-state index is -3.86. The zero-order valence-corrected chi connectivity index (χ0v) is 13.5. The molecule has 0 unspecified atom stereocenters. The lowest BCUT2D eigenvalue weighted by Gasteiger charge is -2.16. The second-order valence-corrected chi connectivity index (χ2v) is 7.03. The molecule has 7 heteroatoms. The van der Waals surface area contributed by atoms with Crippen molar-refractivity contribution in [3.63, 3.8) is 0 Å². The first kappa shape index (κ1) is 16.1. The van der Waals surface area contributed by atoms with Gasteiger partial charge in [0.15, 0.2) is 0 Å². The maximum absolute atomic E-state index is 12.4. The highest BCUT2D eigenvalue weighted by Crippen LogP contribution is 2.32. The largest absolute Gasteiger partial charge is 0.399 e. The molecule has 0 heterocycles. The number of nitrogen functional groups attached to an aromatic ring is 1. The topological polar surface area (TPSA) is 72.2 Å². The normalized spacial score (nSPS) is 13.1. The number of benzene rings is 2. The third-order valence-electron chi connectivity index (χ3n) is 2.92. The third-order valence-corrected chi connectivity index (χ3v) is 5.38. The Hall–Kier alpha value is -1.27. The lowest BCUT2D eigenvalue weighted by molar-refractivity contribution is 0.567. The molecular weight excluding hydrogens is 331 g/mol. The van der Waals surface area contributed by atoms with E-state index >= 15 is 0 Å². The zero-order chi connectivity index (χ0) is 15.6. The summed E-state index contributed by atoms with van der Waals surface area (Å²) in [7, 11) is -3.86. The molecule has 0 bridgehead atoms. The molecule has 0 amide bonds. The summed E-state index contributed by atoms with van der Waals surface area (Å²) >= 11 is 11.9. The number of halogens is 2. The predicted octanol–water partition coefficient (Wildman–Crippen LogP) is 3.62. The van der Waals surface area contributed by atoms with Crippen molar-refractivity contribution < 1.29 is 8.42 Å². The van der Waals surface area contributed by atoms with Crippen LogP contribution in [0.3, 0.4) is 0 Å². The van der Waals surface area contributed by atoms with E-state index in [4.69, 9.17) is 28.9 Å². The van der Waals surface area contributed by atoms with Gasteiger partial charge in [0.2, 0.25) is 10.0 Å². The molecule has 0 aliphatic rings. The van der Waals surface area contributed by atoms with Crippen molar-refractivity contribution >= 4 is 38.9 Å². The number of nitrogens with two attached hydrogens (primary N) is 1. The molecule has 0 saturated heterocycles. The highest BCUT2D eigenvalue weighted by molar-refractivity contribution is 7.89. The highest BCUT2D eigenvalue weighted by Gasteiger charge is 2.24. The van der Waals surface area contributed by atoms with Crippen LogP contribution < -0.4 is 10.5 Å². The van der Waals surface area contributed by atoms with Gasteiger partial charge in [0.05, 0.1) is 10.0 Å². The fraction of sp³-hybridized carbons (Fsp3) is 0.143. The SMILES string of the molecule is C[C@H](NS(=O)(=O)c1c(Cl)cc(N)cc1Cl)c1ccccc1. The van der Waals surface area contributed by atoms with Crippen LogP contribution in [0.1, 0.15) is 18.5 Å². The minimum Gasteiger partial charge on any atom is -0.399 e. The van der Waals surface area contributed by atoms with Gasteiger partial charge in [-0.3, -0.25) is 0 Å². The van der Waals surface area contributed by atoms with Gasteiger partial charge in [-0.2, -0.15) is 0 Å². The fourth-order valence-electron chi connectivity index (χ4n) is 1.94. The van der Waals surface area contributed by atoms with Gasteiger partial charge in [0.1, 0.15) is 4.90 Å². The van der Waals surface area contributed by atoms with Crippen LogP contribution in [0, 0.1) is 0 Å². The second kappa shape index (κ2) is 6.23. The standard InChI is InChI=1S/C14H14Cl2N2O2S/c1-9(10-5-3-2-4-6-10)18-21(19,20)14-12(15)7-11(17)8-13(14)16/h2-9,18H,17H2,1H3/t9-/m0/s1. The van der Waals surface area contributed by atoms with Gasteiger partial charge in [-0.15, -0.1) is 0 Å². The maximum Gasteiger partial charge on any atom is 0.244 e. The first-order valence-corrected chi connectivity index (χ1v) is 8.37. The molecule has 2 aromatic carbocycles. The van der Waals surface area contributed by atoms with Crippen molar-refractivity contribution in [2.45, 2.75) is 17.9 Å². The Bertz CT molecular complexity index is 726. The van der Waals surface area contributed by atoms with Crippen molar-refractivity contribution in [2.24, 2.45) is 0 Å². The lowest BCUT2D eigenvalue weighted by Crippen LogP contribution is -2.27. The molecule has 2 rings (SSSR count). The molecule has 2 aromatic rings. The van der Waals surface area contributed by atoms with Crippen LogP contribution in [0.5, 0.6) is 0 Å². The number of hydrogen-bond acceptors (Lipinski definition) is 3. The van der Waals surface area contributed by atoms with E-state index in [9.17, 15) is 8.42 Å². The van der Waals surface area contributed by atoms with E-state index in [0.29, 0.717) is 5.69 Å². The number of rotatable bonds is 4. The molecule has 0 aliphatic carbocycles. The van der Waals surface area contributed by atoms with E-state index in [1.54, 1.807) is 6.92 Å². The van der Waals surface area contributed by atoms with Crippen LogP contribution >= 0.6 is 23.2 Å². The van der Waals surface area contributed by atoms with E-state index in [1.807, 2.05) is 30.3 Å². The summed E-state index contributed by atoms with van der Waals surface area (Å²) in [4.78, 5) is -0.164. The van der Waals surface area contributed by atoms with Crippen molar-refractivity contribution in [2.75, 3.05) is 5.73 Å². The van der Waals surface area contributed by atoms with E-state index in [2.05, 4.69) is 4.72 Å². The molecule has 0 fully saturated rings. The Balaban J connectivity index is 2.36. The number of nitrogens with one attached hydrogen (secondary N) is 1. The summed E-state index contributed by atoms with van der Waals surface area (Å²) < 4.78 is 27.4. The Labute approximate surface area is 133 Å². The molecule has 4 nitrogen and oxygen atoms in total. The summed E-state index contributed by atoms with van der Waals surface area (Å²) in [5.74, 6) is 0. The van der Waals surface area contributed by atoms with Crippen molar-refractivity contribution in [3.05, 3.63) is 58.1 Å². The van der Waals surface area contributed by atoms with Crippen LogP contribution in [0.4, 0.5) is 5.69 Å². The molecule has 0 aromatic heterocycles. The van der Waals surface area contributed by atoms with E-state index in [-0.39, 0.29) is 14.9 Å². The number of hydrogen-bond donors (Lipinski definition) is 2. The molecule has 0 saturated carbocycles. The average molecular weight is 345 g/mol. The molecular formula is C14H14Cl2N2O2S. The first-order chi connectivity index (χ1) is 9.81. The molecule has 0 radical (unpaired) electrons. The quantitative estimate of drug-likeness (QED) is 0.832. The van der Waals surface area contributed by atoms with Crippen LogP contribution in [0.15, 0.2) is 47.4 Å². The molecule has 0 spiro atoms. The van der Waals surface area contributed by atoms with E-state index in [0.717, 1.165) is 5.56 Å². The van der Waals surface area contributed by atoms with Crippen molar-refractivity contribution in [1.29, 1.82) is 0 Å². The molecule has 3 N–H and O–H groups in total. The van der Waals surface area contributed by atoms with Crippen molar-refractivity contribution in [3.8, 4) is 0 Å². The van der Waals surface area contributed by atoms with Crippen LogP contribution in [0.25, 0.3) is 0 Å².